The van der Waals surface area contributed by atoms with Crippen molar-refractivity contribution in [2.45, 2.75) is 13.8 Å². The van der Waals surface area contributed by atoms with Crippen molar-refractivity contribution in [2.75, 3.05) is 25.6 Å². The highest BCUT2D eigenvalue weighted by Gasteiger charge is 2.09. The Morgan fingerprint density at radius 1 is 1.27 bits per heavy atom. The molecule has 0 saturated carbocycles. The number of aryl methyl sites for hydroxylation is 2. The first-order valence-corrected chi connectivity index (χ1v) is 7.04. The maximum Gasteiger partial charge on any atom is 0.270 e. The molecule has 22 heavy (non-hydrogen) atoms. The number of rotatable bonds is 6. The van der Waals surface area contributed by atoms with Gasteiger partial charge in [-0.2, -0.15) is 0 Å². The molecule has 0 bridgehead atoms. The molecule has 0 unspecified atom stereocenters. The third-order valence-electron chi connectivity index (χ3n) is 3.11. The standard InChI is InChI=1S/C16H20N4O2/c1-11-4-5-13(12(2)10-11)19-16-18-7-6-14(20-16)15(21)17-8-9-22-3/h4-7,10H,8-9H2,1-3H3,(H,17,21)(H,18,19,20). The summed E-state index contributed by atoms with van der Waals surface area (Å²) >= 11 is 0. The normalized spacial score (nSPS) is 10.3. The van der Waals surface area contributed by atoms with Crippen LogP contribution < -0.4 is 10.6 Å². The molecular formula is C16H20N4O2. The van der Waals surface area contributed by atoms with Crippen LogP contribution in [0.3, 0.4) is 0 Å². The van der Waals surface area contributed by atoms with Gasteiger partial charge in [-0.1, -0.05) is 17.7 Å². The third-order valence-corrected chi connectivity index (χ3v) is 3.11. The lowest BCUT2D eigenvalue weighted by Gasteiger charge is -2.10. The fourth-order valence-corrected chi connectivity index (χ4v) is 1.98. The minimum absolute atomic E-state index is 0.247. The highest BCUT2D eigenvalue weighted by molar-refractivity contribution is 5.92. The molecule has 0 atom stereocenters. The van der Waals surface area contributed by atoms with Crippen LogP contribution in [0.1, 0.15) is 21.6 Å². The van der Waals surface area contributed by atoms with Crippen LogP contribution >= 0.6 is 0 Å². The first-order chi connectivity index (χ1) is 10.6. The van der Waals surface area contributed by atoms with Gasteiger partial charge in [0.05, 0.1) is 6.61 Å². The number of methoxy groups -OCH3 is 1. The summed E-state index contributed by atoms with van der Waals surface area (Å²) in [5.74, 6) is 0.148. The van der Waals surface area contributed by atoms with E-state index in [0.717, 1.165) is 11.3 Å². The summed E-state index contributed by atoms with van der Waals surface area (Å²) < 4.78 is 4.89. The molecule has 0 spiro atoms. The predicted octanol–water partition coefficient (Wildman–Crippen LogP) is 2.21. The average Bonchev–Trinajstić information content (AvgIpc) is 2.50. The van der Waals surface area contributed by atoms with Crippen molar-refractivity contribution in [3.63, 3.8) is 0 Å². The van der Waals surface area contributed by atoms with E-state index in [2.05, 4.69) is 26.7 Å². The van der Waals surface area contributed by atoms with Crippen molar-refractivity contribution < 1.29 is 9.53 Å². The minimum atomic E-state index is -0.247. The first-order valence-electron chi connectivity index (χ1n) is 7.04. The molecule has 0 radical (unpaired) electrons. The Morgan fingerprint density at radius 2 is 2.09 bits per heavy atom. The van der Waals surface area contributed by atoms with Crippen molar-refractivity contribution >= 4 is 17.5 Å². The van der Waals surface area contributed by atoms with Crippen LogP contribution in [-0.2, 0) is 4.74 Å². The van der Waals surface area contributed by atoms with Gasteiger partial charge < -0.3 is 15.4 Å². The predicted molar refractivity (Wildman–Crippen MR) is 85.4 cm³/mol. The molecule has 0 aliphatic carbocycles. The van der Waals surface area contributed by atoms with E-state index in [1.165, 1.54) is 5.56 Å². The van der Waals surface area contributed by atoms with Gasteiger partial charge >= 0.3 is 0 Å². The summed E-state index contributed by atoms with van der Waals surface area (Å²) in [7, 11) is 1.59. The zero-order valence-corrected chi connectivity index (χ0v) is 13.0. The average molecular weight is 300 g/mol. The van der Waals surface area contributed by atoms with Crippen LogP contribution in [0.4, 0.5) is 11.6 Å². The number of nitrogens with zero attached hydrogens (tertiary/aromatic N) is 2. The number of nitrogens with one attached hydrogen (secondary N) is 2. The number of amides is 1. The van der Waals surface area contributed by atoms with E-state index in [9.17, 15) is 4.79 Å². The summed E-state index contributed by atoms with van der Waals surface area (Å²) in [6.07, 6.45) is 1.56. The number of hydrogen-bond acceptors (Lipinski definition) is 5. The SMILES string of the molecule is COCCNC(=O)c1ccnc(Nc2ccc(C)cc2C)n1. The van der Waals surface area contributed by atoms with Gasteiger partial charge in [0.25, 0.3) is 5.91 Å². The van der Waals surface area contributed by atoms with E-state index in [-0.39, 0.29) is 5.91 Å². The van der Waals surface area contributed by atoms with E-state index in [1.54, 1.807) is 19.4 Å². The highest BCUT2D eigenvalue weighted by atomic mass is 16.5. The Hall–Kier alpha value is -2.47. The Labute approximate surface area is 129 Å². The molecule has 1 amide bonds. The molecule has 0 fully saturated rings. The molecule has 6 heteroatoms. The number of anilines is 2. The molecule has 1 aromatic heterocycles. The molecule has 2 N–H and O–H groups in total. The zero-order valence-electron chi connectivity index (χ0n) is 13.0. The van der Waals surface area contributed by atoms with E-state index >= 15 is 0 Å². The van der Waals surface area contributed by atoms with E-state index in [0.29, 0.717) is 24.8 Å². The molecule has 2 rings (SSSR count). The lowest BCUT2D eigenvalue weighted by Crippen LogP contribution is -2.27. The second kappa shape index (κ2) is 7.51. The van der Waals surface area contributed by atoms with Crippen molar-refractivity contribution in [2.24, 2.45) is 0 Å². The summed E-state index contributed by atoms with van der Waals surface area (Å²) in [5.41, 5.74) is 3.52. The summed E-state index contributed by atoms with van der Waals surface area (Å²) in [6, 6.07) is 7.63. The molecule has 2 aromatic rings. The molecule has 116 valence electrons. The molecule has 6 nitrogen and oxygen atoms in total. The summed E-state index contributed by atoms with van der Waals surface area (Å²) in [4.78, 5) is 20.3. The second-order valence-corrected chi connectivity index (χ2v) is 4.96. The Balaban J connectivity index is 2.09. The quantitative estimate of drug-likeness (QED) is 0.800. The number of carbonyl (C=O) groups excluding carboxylic acids is 1. The lowest BCUT2D eigenvalue weighted by atomic mass is 10.1. The fraction of sp³-hybridized carbons (Fsp3) is 0.312. The second-order valence-electron chi connectivity index (χ2n) is 4.96. The zero-order chi connectivity index (χ0) is 15.9. The van der Waals surface area contributed by atoms with Crippen molar-refractivity contribution in [3.05, 3.63) is 47.3 Å². The van der Waals surface area contributed by atoms with E-state index in [1.807, 2.05) is 26.0 Å². The lowest BCUT2D eigenvalue weighted by molar-refractivity contribution is 0.0932. The van der Waals surface area contributed by atoms with Gasteiger partial charge in [0, 0.05) is 25.5 Å². The number of carbonyl (C=O) groups is 1. The molecule has 1 aromatic carbocycles. The maximum absolute atomic E-state index is 12.0. The highest BCUT2D eigenvalue weighted by Crippen LogP contribution is 2.19. The minimum Gasteiger partial charge on any atom is -0.383 e. The van der Waals surface area contributed by atoms with Gasteiger partial charge in [0.15, 0.2) is 0 Å². The molecular weight excluding hydrogens is 280 g/mol. The number of hydrogen-bond donors (Lipinski definition) is 2. The molecule has 1 heterocycles. The van der Waals surface area contributed by atoms with Crippen molar-refractivity contribution in [1.29, 1.82) is 0 Å². The maximum atomic E-state index is 12.0. The number of aromatic nitrogens is 2. The van der Waals surface area contributed by atoms with Gasteiger partial charge in [0.1, 0.15) is 5.69 Å². The monoisotopic (exact) mass is 300 g/mol. The van der Waals surface area contributed by atoms with E-state index in [4.69, 9.17) is 4.74 Å². The molecule has 0 aliphatic heterocycles. The largest absolute Gasteiger partial charge is 0.383 e. The topological polar surface area (TPSA) is 76.1 Å². The Bertz CT molecular complexity index is 658. The summed E-state index contributed by atoms with van der Waals surface area (Å²) in [5, 5.41) is 5.86. The smallest absolute Gasteiger partial charge is 0.270 e. The van der Waals surface area contributed by atoms with Crippen LogP contribution in [0.25, 0.3) is 0 Å². The third kappa shape index (κ3) is 4.26. The van der Waals surface area contributed by atoms with Crippen molar-refractivity contribution in [3.8, 4) is 0 Å². The Kier molecular flexibility index (Phi) is 5.43. The van der Waals surface area contributed by atoms with Crippen LogP contribution in [0.5, 0.6) is 0 Å². The van der Waals surface area contributed by atoms with Crippen LogP contribution in [-0.4, -0.2) is 36.1 Å². The van der Waals surface area contributed by atoms with Gasteiger partial charge in [-0.15, -0.1) is 0 Å². The molecule has 0 aliphatic rings. The Morgan fingerprint density at radius 3 is 2.82 bits per heavy atom. The van der Waals surface area contributed by atoms with Crippen LogP contribution in [0.2, 0.25) is 0 Å². The van der Waals surface area contributed by atoms with Crippen LogP contribution in [0.15, 0.2) is 30.5 Å². The number of ether oxygens (including phenoxy) is 1. The van der Waals surface area contributed by atoms with Gasteiger partial charge in [-0.25, -0.2) is 9.97 Å². The summed E-state index contributed by atoms with van der Waals surface area (Å²) in [6.45, 7) is 4.96. The molecule has 0 saturated heterocycles. The van der Waals surface area contributed by atoms with Gasteiger partial charge in [-0.05, 0) is 31.5 Å². The van der Waals surface area contributed by atoms with Crippen LogP contribution in [0, 0.1) is 13.8 Å². The number of benzene rings is 1. The van der Waals surface area contributed by atoms with E-state index < -0.39 is 0 Å². The van der Waals surface area contributed by atoms with Gasteiger partial charge in [0.2, 0.25) is 5.95 Å². The van der Waals surface area contributed by atoms with Crippen molar-refractivity contribution in [1.82, 2.24) is 15.3 Å². The van der Waals surface area contributed by atoms with Gasteiger partial charge in [-0.3, -0.25) is 4.79 Å². The first kappa shape index (κ1) is 15.9. The fourth-order valence-electron chi connectivity index (χ4n) is 1.98.